The number of hydrogen-bond acceptors (Lipinski definition) is 9. The number of carbonyl (C=O) groups excluding carboxylic acids is 6. The summed E-state index contributed by atoms with van der Waals surface area (Å²) in [5.41, 5.74) is 2.71. The molecule has 18 heteroatoms. The number of unbranched alkanes of at least 4 members (excludes halogenated alkanes) is 1. The number of aryl methyl sites for hydroxylation is 2. The van der Waals surface area contributed by atoms with Crippen molar-refractivity contribution in [2.24, 2.45) is 0 Å². The molecule has 6 amide bonds. The molecular formula is C39H36F3N9O6. The van der Waals surface area contributed by atoms with E-state index in [1.165, 1.54) is 6.07 Å². The number of fused-ring (bicyclic) bond motifs is 6. The summed E-state index contributed by atoms with van der Waals surface area (Å²) in [5, 5.41) is 22.1. The summed E-state index contributed by atoms with van der Waals surface area (Å²) >= 11 is 0. The van der Waals surface area contributed by atoms with E-state index in [1.54, 1.807) is 24.3 Å². The van der Waals surface area contributed by atoms with Gasteiger partial charge in [0.05, 0.1) is 39.6 Å². The summed E-state index contributed by atoms with van der Waals surface area (Å²) < 4.78 is 41.5. The van der Waals surface area contributed by atoms with Gasteiger partial charge >= 0.3 is 6.18 Å². The fourth-order valence-corrected chi connectivity index (χ4v) is 8.09. The Balaban J connectivity index is 0.872. The summed E-state index contributed by atoms with van der Waals surface area (Å²) in [6, 6.07) is 7.11. The summed E-state index contributed by atoms with van der Waals surface area (Å²) in [6.45, 7) is 0.607. The van der Waals surface area contributed by atoms with Crippen LogP contribution in [0.2, 0.25) is 0 Å². The Bertz CT molecular complexity index is 2510. The fraction of sp³-hybridized carbons (Fsp3) is 0.359. The molecule has 1 aliphatic carbocycles. The van der Waals surface area contributed by atoms with Crippen LogP contribution in [0.3, 0.4) is 0 Å². The van der Waals surface area contributed by atoms with Gasteiger partial charge in [0.25, 0.3) is 17.7 Å². The Morgan fingerprint density at radius 3 is 2.42 bits per heavy atom. The number of rotatable bonds is 11. The Morgan fingerprint density at radius 1 is 0.877 bits per heavy atom. The second-order valence-electron chi connectivity index (χ2n) is 14.3. The van der Waals surface area contributed by atoms with Gasteiger partial charge in [-0.1, -0.05) is 12.1 Å². The van der Waals surface area contributed by atoms with Gasteiger partial charge in [-0.3, -0.25) is 49.2 Å². The SMILES string of the molecule is O=C(CCc1cccc2c1C(=O)N(C1CCC(=O)NC1=O)C2=O)NCCCCNC(=O)c1n[nH]c2ccc3nc(-c4cn[nH]c4C(F)(F)F)c4c(c3c12)CCCC4. The first-order chi connectivity index (χ1) is 27.4. The predicted octanol–water partition coefficient (Wildman–Crippen LogP) is 4.06. The maximum atomic E-state index is 13.8. The molecule has 1 fully saturated rings. The van der Waals surface area contributed by atoms with E-state index in [1.807, 2.05) is 0 Å². The first-order valence-electron chi connectivity index (χ1n) is 18.7. The molecule has 3 aromatic heterocycles. The van der Waals surface area contributed by atoms with Crippen molar-refractivity contribution in [1.29, 1.82) is 0 Å². The van der Waals surface area contributed by atoms with Gasteiger partial charge in [-0.2, -0.15) is 23.4 Å². The normalized spacial score (nSPS) is 16.9. The number of aromatic amines is 2. The molecule has 0 radical (unpaired) electrons. The molecule has 1 saturated heterocycles. The van der Waals surface area contributed by atoms with Crippen molar-refractivity contribution in [3.63, 3.8) is 0 Å². The van der Waals surface area contributed by atoms with E-state index in [9.17, 15) is 41.9 Å². The maximum Gasteiger partial charge on any atom is 0.433 e. The summed E-state index contributed by atoms with van der Waals surface area (Å²) in [7, 11) is 0. The van der Waals surface area contributed by atoms with Crippen molar-refractivity contribution >= 4 is 57.2 Å². The maximum absolute atomic E-state index is 13.8. The lowest BCUT2D eigenvalue weighted by atomic mass is 9.85. The highest BCUT2D eigenvalue weighted by Gasteiger charge is 2.45. The van der Waals surface area contributed by atoms with E-state index >= 15 is 0 Å². The summed E-state index contributed by atoms with van der Waals surface area (Å²) in [6.07, 6.45) is 0.599. The van der Waals surface area contributed by atoms with Crippen LogP contribution in [-0.2, 0) is 39.8 Å². The van der Waals surface area contributed by atoms with E-state index < -0.39 is 47.4 Å². The highest BCUT2D eigenvalue weighted by atomic mass is 19.4. The molecule has 0 spiro atoms. The second kappa shape index (κ2) is 14.9. The first kappa shape index (κ1) is 37.5. The lowest BCUT2D eigenvalue weighted by molar-refractivity contribution is -0.140. The zero-order valence-electron chi connectivity index (χ0n) is 30.4. The molecule has 1 atom stereocenters. The van der Waals surface area contributed by atoms with Crippen LogP contribution < -0.4 is 16.0 Å². The third-order valence-corrected chi connectivity index (χ3v) is 10.8. The molecule has 0 saturated carbocycles. The van der Waals surface area contributed by atoms with E-state index in [-0.39, 0.29) is 66.2 Å². The number of carbonyl (C=O) groups is 6. The molecule has 57 heavy (non-hydrogen) atoms. The van der Waals surface area contributed by atoms with E-state index in [4.69, 9.17) is 4.98 Å². The molecule has 2 aromatic carbocycles. The third-order valence-electron chi connectivity index (χ3n) is 10.8. The monoisotopic (exact) mass is 783 g/mol. The van der Waals surface area contributed by atoms with Crippen molar-refractivity contribution in [1.82, 2.24) is 46.2 Å². The van der Waals surface area contributed by atoms with Gasteiger partial charge in [-0.05, 0) is 86.3 Å². The highest BCUT2D eigenvalue weighted by molar-refractivity contribution is 6.24. The van der Waals surface area contributed by atoms with E-state index in [0.29, 0.717) is 65.2 Å². The topological polar surface area (TPSA) is 212 Å². The van der Waals surface area contributed by atoms with Gasteiger partial charge < -0.3 is 10.6 Å². The predicted molar refractivity (Wildman–Crippen MR) is 197 cm³/mol. The average Bonchev–Trinajstić information content (AvgIpc) is 3.92. The largest absolute Gasteiger partial charge is 0.433 e. The minimum atomic E-state index is -4.64. The number of imide groups is 2. The fourth-order valence-electron chi connectivity index (χ4n) is 8.09. The van der Waals surface area contributed by atoms with Crippen LogP contribution >= 0.6 is 0 Å². The van der Waals surface area contributed by atoms with Crippen LogP contribution in [0.1, 0.15) is 98.5 Å². The number of benzene rings is 2. The second-order valence-corrected chi connectivity index (χ2v) is 14.3. The molecule has 294 valence electrons. The Morgan fingerprint density at radius 2 is 1.65 bits per heavy atom. The zero-order chi connectivity index (χ0) is 40.0. The third kappa shape index (κ3) is 6.88. The highest BCUT2D eigenvalue weighted by Crippen LogP contribution is 2.42. The molecule has 15 nitrogen and oxygen atoms in total. The zero-order valence-corrected chi connectivity index (χ0v) is 30.4. The molecule has 2 aliphatic heterocycles. The van der Waals surface area contributed by atoms with Gasteiger partial charge in [-0.25, -0.2) is 4.98 Å². The van der Waals surface area contributed by atoms with Crippen molar-refractivity contribution < 1.29 is 41.9 Å². The van der Waals surface area contributed by atoms with E-state index in [2.05, 4.69) is 36.3 Å². The lowest BCUT2D eigenvalue weighted by Crippen LogP contribution is -2.54. The smallest absolute Gasteiger partial charge is 0.356 e. The number of amides is 6. The number of nitrogens with zero attached hydrogens (tertiary/aromatic N) is 4. The van der Waals surface area contributed by atoms with Crippen molar-refractivity contribution in [2.45, 2.75) is 76.4 Å². The van der Waals surface area contributed by atoms with Gasteiger partial charge in [0.2, 0.25) is 17.7 Å². The first-order valence-corrected chi connectivity index (χ1v) is 18.7. The standard InChI is InChI=1S/C39H36F3N9O6/c40-39(41,42)34-23(18-45-50-34)32-21-8-2-1-7-20(21)30-24(46-32)11-12-25-31(30)33(49-48-25)36(55)44-17-4-3-16-43-27(52)14-10-19-6-5-9-22-29(19)38(57)51(37(22)56)26-13-15-28(53)47-35(26)54/h5-6,9,11-12,18,26H,1-4,7-8,10,13-17H2,(H,43,52)(H,44,55)(H,45,50)(H,48,49)(H,47,53,54). The molecular weight excluding hydrogens is 747 g/mol. The van der Waals surface area contributed by atoms with Gasteiger partial charge in [0.15, 0.2) is 5.69 Å². The van der Waals surface area contributed by atoms with E-state index in [0.717, 1.165) is 29.5 Å². The van der Waals surface area contributed by atoms with Crippen LogP contribution in [0, 0.1) is 0 Å². The Labute approximate surface area is 321 Å². The Hall–Kier alpha value is -6.46. The molecule has 5 aromatic rings. The molecule has 0 bridgehead atoms. The molecule has 1 unspecified atom stereocenters. The van der Waals surface area contributed by atoms with Gasteiger partial charge in [0.1, 0.15) is 11.7 Å². The van der Waals surface area contributed by atoms with Crippen LogP contribution in [0.4, 0.5) is 13.2 Å². The minimum Gasteiger partial charge on any atom is -0.356 e. The number of aromatic nitrogens is 5. The van der Waals surface area contributed by atoms with Crippen molar-refractivity contribution in [3.05, 3.63) is 75.7 Å². The molecule has 3 aliphatic rings. The number of pyridine rings is 1. The van der Waals surface area contributed by atoms with Crippen molar-refractivity contribution in [3.8, 4) is 11.3 Å². The average molecular weight is 784 g/mol. The van der Waals surface area contributed by atoms with Crippen LogP contribution in [0.15, 0.2) is 36.5 Å². The van der Waals surface area contributed by atoms with Crippen molar-refractivity contribution in [2.75, 3.05) is 13.1 Å². The number of nitrogens with one attached hydrogen (secondary N) is 5. The number of halogens is 3. The van der Waals surface area contributed by atoms with Crippen LogP contribution in [-0.4, -0.2) is 84.9 Å². The number of alkyl halides is 3. The quantitative estimate of drug-likeness (QED) is 0.0965. The van der Waals surface area contributed by atoms with Crippen LogP contribution in [0.5, 0.6) is 0 Å². The van der Waals surface area contributed by atoms with Crippen LogP contribution in [0.25, 0.3) is 33.1 Å². The molecule has 5 heterocycles. The van der Waals surface area contributed by atoms with Gasteiger partial charge in [0, 0.05) is 36.7 Å². The molecule has 8 rings (SSSR count). The Kier molecular flexibility index (Phi) is 9.79. The molecule has 5 N–H and O–H groups in total. The minimum absolute atomic E-state index is 0.0122. The van der Waals surface area contributed by atoms with Gasteiger partial charge in [-0.15, -0.1) is 0 Å². The lowest BCUT2D eigenvalue weighted by Gasteiger charge is -2.27. The number of H-pyrrole nitrogens is 2. The number of piperidine rings is 1. The summed E-state index contributed by atoms with van der Waals surface area (Å²) in [5.74, 6) is -3.10. The summed E-state index contributed by atoms with van der Waals surface area (Å²) in [4.78, 5) is 82.2. The number of hydrogen-bond donors (Lipinski definition) is 5.